The first-order valence-electron chi connectivity index (χ1n) is 4.53. The summed E-state index contributed by atoms with van der Waals surface area (Å²) in [5, 5.41) is 0. The maximum absolute atomic E-state index is 4.40. The fraction of sp³-hybridized carbons (Fsp3) is 0.300. The lowest BCUT2D eigenvalue weighted by molar-refractivity contribution is 1.42. The summed E-state index contributed by atoms with van der Waals surface area (Å²) in [7, 11) is -1.23. The summed E-state index contributed by atoms with van der Waals surface area (Å²) < 4.78 is 4.01. The van der Waals surface area contributed by atoms with E-state index in [1.54, 1.807) is 0 Å². The number of rotatable bonds is 1. The van der Waals surface area contributed by atoms with Crippen LogP contribution in [-0.2, 0) is 0 Å². The highest BCUT2D eigenvalue weighted by Gasteiger charge is 2.23. The predicted molar refractivity (Wildman–Crippen MR) is 70.3 cm³/mol. The van der Waals surface area contributed by atoms with Crippen molar-refractivity contribution in [3.8, 4) is 0 Å². The zero-order chi connectivity index (χ0) is 10.3. The summed E-state index contributed by atoms with van der Waals surface area (Å²) in [6, 6.07) is 4.14. The van der Waals surface area contributed by atoms with Gasteiger partial charge in [-0.05, 0) is 28.1 Å². The van der Waals surface area contributed by atoms with Gasteiger partial charge in [-0.3, -0.25) is 4.98 Å². The Balaban J connectivity index is 2.75. The van der Waals surface area contributed by atoms with Gasteiger partial charge in [-0.25, -0.2) is 0 Å². The molecule has 2 rings (SSSR count). The molecule has 0 atom stereocenters. The average molecular weight is 286 g/mol. The van der Waals surface area contributed by atoms with E-state index in [0.29, 0.717) is 0 Å². The Bertz CT molecular complexity index is 472. The van der Waals surface area contributed by atoms with E-state index < -0.39 is 8.07 Å². The minimum absolute atomic E-state index is 1.12. The molecular weight excluding hydrogens is 274 g/mol. The van der Waals surface area contributed by atoms with Crippen molar-refractivity contribution in [2.75, 3.05) is 0 Å². The quantitative estimate of drug-likeness (QED) is 0.730. The first-order valence-corrected chi connectivity index (χ1v) is 9.64. The monoisotopic (exact) mass is 285 g/mol. The molecule has 1 nitrogen and oxygen atoms in total. The lowest BCUT2D eigenvalue weighted by atomic mass is 10.4. The highest BCUT2D eigenvalue weighted by molar-refractivity contribution is 9.11. The zero-order valence-corrected chi connectivity index (χ0v) is 11.9. The molecule has 4 heteroatoms. The molecule has 0 radical (unpaired) electrons. The topological polar surface area (TPSA) is 12.9 Å². The van der Waals surface area contributed by atoms with Crippen LogP contribution in [0.25, 0.3) is 10.2 Å². The summed E-state index contributed by atoms with van der Waals surface area (Å²) in [4.78, 5) is 4.40. The van der Waals surface area contributed by atoms with Crippen LogP contribution >= 0.6 is 27.3 Å². The molecule has 74 valence electrons. The third-order valence-corrected chi connectivity index (χ3v) is 8.18. The van der Waals surface area contributed by atoms with Crippen molar-refractivity contribution in [2.45, 2.75) is 19.6 Å². The van der Waals surface area contributed by atoms with Crippen molar-refractivity contribution in [1.29, 1.82) is 0 Å². The lowest BCUT2D eigenvalue weighted by Crippen LogP contribution is -2.35. The first-order chi connectivity index (χ1) is 6.50. The summed E-state index contributed by atoms with van der Waals surface area (Å²) in [5.74, 6) is 0. The SMILES string of the molecule is C[Si](C)(C)c1sc2cccnc2c1Br. The molecular formula is C10H12BrNSSi. The highest BCUT2D eigenvalue weighted by atomic mass is 79.9. The third kappa shape index (κ3) is 1.66. The van der Waals surface area contributed by atoms with Gasteiger partial charge in [0.1, 0.15) is 0 Å². The van der Waals surface area contributed by atoms with Crippen LogP contribution < -0.4 is 4.50 Å². The Labute approximate surface area is 97.3 Å². The minimum Gasteiger partial charge on any atom is -0.254 e. The van der Waals surface area contributed by atoms with Gasteiger partial charge in [0.2, 0.25) is 0 Å². The van der Waals surface area contributed by atoms with Crippen LogP contribution in [0.3, 0.4) is 0 Å². The van der Waals surface area contributed by atoms with Crippen molar-refractivity contribution >= 4 is 50.1 Å². The Hall–Kier alpha value is -0.193. The molecule has 0 aliphatic heterocycles. The van der Waals surface area contributed by atoms with Crippen LogP contribution in [0.1, 0.15) is 0 Å². The van der Waals surface area contributed by atoms with E-state index in [9.17, 15) is 0 Å². The van der Waals surface area contributed by atoms with Crippen molar-refractivity contribution in [2.24, 2.45) is 0 Å². The van der Waals surface area contributed by atoms with Gasteiger partial charge in [0, 0.05) is 10.7 Å². The van der Waals surface area contributed by atoms with E-state index in [1.165, 1.54) is 13.7 Å². The Kier molecular flexibility index (Phi) is 2.53. The maximum atomic E-state index is 4.40. The molecule has 2 aromatic rings. The Morgan fingerprint density at radius 3 is 2.64 bits per heavy atom. The summed E-state index contributed by atoms with van der Waals surface area (Å²) in [6.45, 7) is 7.09. The third-order valence-electron chi connectivity index (χ3n) is 2.07. The maximum Gasteiger partial charge on any atom is 0.0950 e. The number of halogens is 1. The molecule has 0 N–H and O–H groups in total. The summed E-state index contributed by atoms with van der Waals surface area (Å²) in [6.07, 6.45) is 1.85. The molecule has 0 aliphatic rings. The molecule has 0 fully saturated rings. The van der Waals surface area contributed by atoms with E-state index in [-0.39, 0.29) is 0 Å². The van der Waals surface area contributed by atoms with E-state index >= 15 is 0 Å². The van der Waals surface area contributed by atoms with Gasteiger partial charge < -0.3 is 0 Å². The van der Waals surface area contributed by atoms with Crippen LogP contribution in [0.2, 0.25) is 19.6 Å². The number of hydrogen-bond acceptors (Lipinski definition) is 2. The van der Waals surface area contributed by atoms with Crippen LogP contribution in [0.15, 0.2) is 22.8 Å². The molecule has 0 bridgehead atoms. The van der Waals surface area contributed by atoms with Crippen molar-refractivity contribution in [3.63, 3.8) is 0 Å². The standard InChI is InChI=1S/C10H12BrNSSi/c1-14(2,3)10-8(11)9-7(13-10)5-4-6-12-9/h4-6H,1-3H3. The summed E-state index contributed by atoms with van der Waals surface area (Å²) in [5.41, 5.74) is 1.12. The molecule has 0 saturated heterocycles. The minimum atomic E-state index is -1.23. The molecule has 0 unspecified atom stereocenters. The molecule has 2 heterocycles. The predicted octanol–water partition coefficient (Wildman–Crippen LogP) is 3.60. The van der Waals surface area contributed by atoms with Gasteiger partial charge in [-0.2, -0.15) is 0 Å². The van der Waals surface area contributed by atoms with E-state index in [0.717, 1.165) is 5.52 Å². The fourth-order valence-corrected chi connectivity index (χ4v) is 6.99. The Morgan fingerprint density at radius 2 is 2.07 bits per heavy atom. The molecule has 0 saturated carbocycles. The van der Waals surface area contributed by atoms with E-state index in [1.807, 2.05) is 23.6 Å². The molecule has 0 aromatic carbocycles. The largest absolute Gasteiger partial charge is 0.254 e. The number of thiophene rings is 1. The van der Waals surface area contributed by atoms with Crippen molar-refractivity contribution in [1.82, 2.24) is 4.98 Å². The van der Waals surface area contributed by atoms with Crippen LogP contribution in [0.4, 0.5) is 0 Å². The van der Waals surface area contributed by atoms with Crippen LogP contribution in [0, 0.1) is 0 Å². The molecule has 14 heavy (non-hydrogen) atoms. The van der Waals surface area contributed by atoms with Crippen molar-refractivity contribution < 1.29 is 0 Å². The second kappa shape index (κ2) is 3.43. The summed E-state index contributed by atoms with van der Waals surface area (Å²) >= 11 is 5.55. The second-order valence-corrected chi connectivity index (χ2v) is 11.6. The molecule has 0 amide bonds. The number of nitrogens with zero attached hydrogens (tertiary/aromatic N) is 1. The number of hydrogen-bond donors (Lipinski definition) is 0. The molecule has 2 aromatic heterocycles. The van der Waals surface area contributed by atoms with Gasteiger partial charge in [0.15, 0.2) is 0 Å². The van der Waals surface area contributed by atoms with Crippen LogP contribution in [-0.4, -0.2) is 13.1 Å². The van der Waals surface area contributed by atoms with Gasteiger partial charge >= 0.3 is 0 Å². The van der Waals surface area contributed by atoms with Gasteiger partial charge in [0.05, 0.1) is 22.8 Å². The van der Waals surface area contributed by atoms with Gasteiger partial charge in [-0.1, -0.05) is 19.6 Å². The van der Waals surface area contributed by atoms with Crippen LogP contribution in [0.5, 0.6) is 0 Å². The molecule has 0 spiro atoms. The Morgan fingerprint density at radius 1 is 1.36 bits per heavy atom. The highest BCUT2D eigenvalue weighted by Crippen LogP contribution is 2.29. The number of aromatic nitrogens is 1. The zero-order valence-electron chi connectivity index (χ0n) is 8.47. The molecule has 0 aliphatic carbocycles. The smallest absolute Gasteiger partial charge is 0.0950 e. The fourth-order valence-electron chi connectivity index (χ4n) is 1.38. The van der Waals surface area contributed by atoms with Gasteiger partial charge in [0.25, 0.3) is 0 Å². The normalized spacial score (nSPS) is 12.3. The number of fused-ring (bicyclic) bond motifs is 1. The first kappa shape index (κ1) is 10.3. The van der Waals surface area contributed by atoms with Gasteiger partial charge in [-0.15, -0.1) is 11.3 Å². The average Bonchev–Trinajstić information content (AvgIpc) is 2.44. The lowest BCUT2D eigenvalue weighted by Gasteiger charge is -2.13. The number of pyridine rings is 1. The van der Waals surface area contributed by atoms with E-state index in [2.05, 4.69) is 46.6 Å². The second-order valence-electron chi connectivity index (χ2n) is 4.35. The van der Waals surface area contributed by atoms with Crippen molar-refractivity contribution in [3.05, 3.63) is 22.8 Å². The van der Waals surface area contributed by atoms with E-state index in [4.69, 9.17) is 0 Å².